The van der Waals surface area contributed by atoms with Gasteiger partial charge in [0, 0.05) is 23.3 Å². The number of halogens is 3. The molecule has 0 bridgehead atoms. The van der Waals surface area contributed by atoms with E-state index in [9.17, 15) is 32.0 Å². The van der Waals surface area contributed by atoms with E-state index in [0.29, 0.717) is 36.0 Å². The van der Waals surface area contributed by atoms with Crippen LogP contribution < -0.4 is 0 Å². The highest BCUT2D eigenvalue weighted by Gasteiger charge is 2.46. The summed E-state index contributed by atoms with van der Waals surface area (Å²) in [7, 11) is -3.83. The summed E-state index contributed by atoms with van der Waals surface area (Å²) in [5.74, 6) is -1.06. The van der Waals surface area contributed by atoms with Crippen LogP contribution in [0.5, 0.6) is 0 Å². The number of aliphatic hydroxyl groups excluding tert-OH is 1. The van der Waals surface area contributed by atoms with E-state index in [1.54, 1.807) is 0 Å². The van der Waals surface area contributed by atoms with Gasteiger partial charge in [-0.05, 0) is 54.2 Å². The molecule has 0 aliphatic heterocycles. The van der Waals surface area contributed by atoms with Gasteiger partial charge in [0.05, 0.1) is 16.5 Å². The quantitative estimate of drug-likeness (QED) is 0.796. The van der Waals surface area contributed by atoms with Crippen LogP contribution >= 0.6 is 0 Å². The number of hydrogen-bond donors (Lipinski definition) is 1. The van der Waals surface area contributed by atoms with Gasteiger partial charge in [-0.25, -0.2) is 21.6 Å². The summed E-state index contributed by atoms with van der Waals surface area (Å²) in [5.41, 5.74) is 1.22. The molecule has 0 aromatic heterocycles. The molecule has 8 heteroatoms. The van der Waals surface area contributed by atoms with E-state index in [1.807, 2.05) is 6.07 Å². The van der Waals surface area contributed by atoms with Crippen LogP contribution in [0.2, 0.25) is 0 Å². The third kappa shape index (κ3) is 3.04. The Morgan fingerprint density at radius 3 is 2.55 bits per heavy atom. The van der Waals surface area contributed by atoms with Crippen LogP contribution in [0.4, 0.5) is 13.2 Å². The maximum atomic E-state index is 14.9. The monoisotopic (exact) mass is 421 g/mol. The van der Waals surface area contributed by atoms with Crippen LogP contribution in [0.25, 0.3) is 0 Å². The van der Waals surface area contributed by atoms with Gasteiger partial charge in [-0.15, -0.1) is 0 Å². The zero-order valence-corrected chi connectivity index (χ0v) is 16.3. The molecule has 0 heterocycles. The Morgan fingerprint density at radius 1 is 1.17 bits per heavy atom. The maximum absolute atomic E-state index is 14.9. The summed E-state index contributed by atoms with van der Waals surface area (Å²) < 4.78 is 67.5. The second kappa shape index (κ2) is 6.85. The third-order valence-corrected chi connectivity index (χ3v) is 7.00. The minimum absolute atomic E-state index is 0.122. The van der Waals surface area contributed by atoms with Crippen LogP contribution in [-0.2, 0) is 16.3 Å². The Morgan fingerprint density at radius 2 is 1.90 bits per heavy atom. The van der Waals surface area contributed by atoms with Crippen molar-refractivity contribution < 1.29 is 26.7 Å². The number of nitrogens with zero attached hydrogens (tertiary/aromatic N) is 1. The number of fused-ring (bicyclic) bond motifs is 2. The fourth-order valence-corrected chi connectivity index (χ4v) is 5.63. The molecular formula is C21H18F3NO3S. The minimum Gasteiger partial charge on any atom is -0.385 e. The molecule has 4 rings (SSSR count). The number of hydrogen-bond acceptors (Lipinski definition) is 4. The first-order valence-corrected chi connectivity index (χ1v) is 11.1. The number of alkyl halides is 2. The van der Waals surface area contributed by atoms with Crippen molar-refractivity contribution in [3.8, 4) is 6.07 Å². The van der Waals surface area contributed by atoms with Crippen LogP contribution in [0.3, 0.4) is 0 Å². The number of aryl methyl sites for hydroxylation is 1. The molecule has 29 heavy (non-hydrogen) atoms. The summed E-state index contributed by atoms with van der Waals surface area (Å²) in [6.45, 7) is 0. The number of benzene rings is 2. The topological polar surface area (TPSA) is 78.2 Å². The zero-order chi connectivity index (χ0) is 21.1. The van der Waals surface area contributed by atoms with Gasteiger partial charge >= 0.3 is 0 Å². The lowest BCUT2D eigenvalue weighted by Gasteiger charge is -2.29. The SMILES string of the molecule is CS(=O)(=O)c1ccc([C@H]2CCCc3cc(F)cc(C#N)c32)c2c1[C@H](O)[C@H](F)[C@@H]2F. The van der Waals surface area contributed by atoms with E-state index in [2.05, 4.69) is 0 Å². The molecule has 0 saturated heterocycles. The van der Waals surface area contributed by atoms with E-state index in [4.69, 9.17) is 0 Å². The van der Waals surface area contributed by atoms with Crippen molar-refractivity contribution in [2.45, 2.75) is 48.5 Å². The van der Waals surface area contributed by atoms with Crippen molar-refractivity contribution in [3.63, 3.8) is 0 Å². The number of nitriles is 1. The molecule has 0 radical (unpaired) electrons. The Kier molecular flexibility index (Phi) is 4.71. The van der Waals surface area contributed by atoms with E-state index in [-0.39, 0.29) is 21.6 Å². The van der Waals surface area contributed by atoms with E-state index in [0.717, 1.165) is 12.3 Å². The molecule has 2 aliphatic carbocycles. The molecule has 2 aromatic rings. The van der Waals surface area contributed by atoms with Gasteiger partial charge in [-0.1, -0.05) is 6.07 Å². The molecule has 4 nitrogen and oxygen atoms in total. The van der Waals surface area contributed by atoms with Crippen LogP contribution in [-0.4, -0.2) is 26.0 Å². The average molecular weight is 421 g/mol. The first-order chi connectivity index (χ1) is 13.6. The molecule has 2 aromatic carbocycles. The molecule has 0 spiro atoms. The van der Waals surface area contributed by atoms with Crippen molar-refractivity contribution in [2.75, 3.05) is 6.26 Å². The largest absolute Gasteiger partial charge is 0.385 e. The first-order valence-electron chi connectivity index (χ1n) is 9.20. The predicted molar refractivity (Wildman–Crippen MR) is 99.2 cm³/mol. The van der Waals surface area contributed by atoms with Gasteiger partial charge in [0.15, 0.2) is 22.2 Å². The summed E-state index contributed by atoms with van der Waals surface area (Å²) in [6.07, 6.45) is -3.73. The fraction of sp³-hybridized carbons (Fsp3) is 0.381. The molecule has 2 aliphatic rings. The predicted octanol–water partition coefficient (Wildman–Crippen LogP) is 3.96. The number of sulfone groups is 1. The van der Waals surface area contributed by atoms with Gasteiger partial charge in [0.25, 0.3) is 0 Å². The highest BCUT2D eigenvalue weighted by Crippen LogP contribution is 2.51. The van der Waals surface area contributed by atoms with Gasteiger partial charge < -0.3 is 5.11 Å². The Bertz CT molecular complexity index is 1160. The Hall–Kier alpha value is -2.37. The maximum Gasteiger partial charge on any atom is 0.175 e. The molecule has 1 N–H and O–H groups in total. The van der Waals surface area contributed by atoms with Crippen molar-refractivity contribution in [1.82, 2.24) is 0 Å². The molecule has 152 valence electrons. The molecule has 0 amide bonds. The van der Waals surface area contributed by atoms with Crippen molar-refractivity contribution in [2.24, 2.45) is 0 Å². The number of aliphatic hydroxyl groups is 1. The molecule has 0 fully saturated rings. The molecular weight excluding hydrogens is 403 g/mol. The average Bonchev–Trinajstić information content (AvgIpc) is 2.90. The van der Waals surface area contributed by atoms with E-state index < -0.39 is 40.0 Å². The lowest BCUT2D eigenvalue weighted by atomic mass is 9.75. The summed E-state index contributed by atoms with van der Waals surface area (Å²) >= 11 is 0. The number of rotatable bonds is 2. The Balaban J connectivity index is 2.00. The van der Waals surface area contributed by atoms with Gasteiger partial charge in [-0.3, -0.25) is 0 Å². The molecule has 4 atom stereocenters. The highest BCUT2D eigenvalue weighted by atomic mass is 32.2. The van der Waals surface area contributed by atoms with Gasteiger partial charge in [0.2, 0.25) is 0 Å². The van der Waals surface area contributed by atoms with Gasteiger partial charge in [0.1, 0.15) is 11.9 Å². The van der Waals surface area contributed by atoms with Crippen molar-refractivity contribution in [1.29, 1.82) is 5.26 Å². The van der Waals surface area contributed by atoms with Crippen molar-refractivity contribution in [3.05, 3.63) is 63.5 Å². The highest BCUT2D eigenvalue weighted by molar-refractivity contribution is 7.90. The van der Waals surface area contributed by atoms with Crippen LogP contribution in [0.15, 0.2) is 29.2 Å². The zero-order valence-electron chi connectivity index (χ0n) is 15.5. The Labute approximate surface area is 166 Å². The second-order valence-corrected chi connectivity index (χ2v) is 9.61. The van der Waals surface area contributed by atoms with Crippen LogP contribution in [0, 0.1) is 17.1 Å². The smallest absolute Gasteiger partial charge is 0.175 e. The first kappa shape index (κ1) is 19.9. The lowest BCUT2D eigenvalue weighted by molar-refractivity contribution is 0.0455. The lowest BCUT2D eigenvalue weighted by Crippen LogP contribution is -2.16. The van der Waals surface area contributed by atoms with E-state index in [1.165, 1.54) is 18.2 Å². The van der Waals surface area contributed by atoms with E-state index >= 15 is 0 Å². The molecule has 0 saturated carbocycles. The van der Waals surface area contributed by atoms with Gasteiger partial charge in [-0.2, -0.15) is 5.26 Å². The van der Waals surface area contributed by atoms with Crippen molar-refractivity contribution >= 4 is 9.84 Å². The second-order valence-electron chi connectivity index (χ2n) is 7.63. The normalized spacial score (nSPS) is 25.9. The molecule has 0 unspecified atom stereocenters. The third-order valence-electron chi connectivity index (χ3n) is 5.85. The fourth-order valence-electron chi connectivity index (χ4n) is 4.69. The minimum atomic E-state index is -3.83. The van der Waals surface area contributed by atoms with Crippen LogP contribution in [0.1, 0.15) is 64.4 Å². The summed E-state index contributed by atoms with van der Waals surface area (Å²) in [4.78, 5) is -0.304. The summed E-state index contributed by atoms with van der Waals surface area (Å²) in [5, 5.41) is 19.7. The standard InChI is InChI=1S/C21H18F3NO3S/c1-29(27,28)15-6-5-14(17-18(15)21(26)20(24)19(17)23)13-4-2-3-10-7-12(22)8-11(9-25)16(10)13/h5-8,13,19-21,26H,2-4H2,1H3/t13-,19-,20-,21+/m1/s1. The summed E-state index contributed by atoms with van der Waals surface area (Å²) in [6, 6.07) is 7.11.